The van der Waals surface area contributed by atoms with Crippen LogP contribution in [-0.4, -0.2) is 18.0 Å². The Kier molecular flexibility index (Phi) is 5.91. The highest BCUT2D eigenvalue weighted by Crippen LogP contribution is 2.61. The number of carbonyl (C=O) groups is 2. The van der Waals surface area contributed by atoms with Crippen molar-refractivity contribution in [2.45, 2.75) is 57.5 Å². The van der Waals surface area contributed by atoms with Crippen LogP contribution in [0.25, 0.3) is 0 Å². The molecule has 0 saturated heterocycles. The average molecular weight is 481 g/mol. The van der Waals surface area contributed by atoms with Crippen LogP contribution in [0.15, 0.2) is 78.9 Å². The van der Waals surface area contributed by atoms with Crippen LogP contribution in [-0.2, 0) is 11.2 Å². The van der Waals surface area contributed by atoms with Gasteiger partial charge in [0.05, 0.1) is 11.1 Å². The molecule has 5 atom stereocenters. The Labute approximate surface area is 212 Å². The minimum Gasteiger partial charge on any atom is -0.458 e. The number of hydrogen-bond donors (Lipinski definition) is 0. The zero-order chi connectivity index (χ0) is 24.7. The van der Waals surface area contributed by atoms with Crippen molar-refractivity contribution in [2.24, 2.45) is 17.3 Å². The fourth-order valence-corrected chi connectivity index (χ4v) is 7.28. The van der Waals surface area contributed by atoms with Crippen LogP contribution in [0.3, 0.4) is 0 Å². The number of rotatable bonds is 4. The second kappa shape index (κ2) is 9.24. The Hall–Kier alpha value is -3.40. The normalized spacial score (nSPS) is 28.4. The van der Waals surface area contributed by atoms with Gasteiger partial charge in [0.15, 0.2) is 0 Å². The Balaban J connectivity index is 1.17. The highest BCUT2D eigenvalue weighted by Gasteiger charge is 2.56. The summed E-state index contributed by atoms with van der Waals surface area (Å²) in [6.07, 6.45) is 6.35. The van der Waals surface area contributed by atoms with Gasteiger partial charge < -0.3 is 9.47 Å². The first-order valence-electron chi connectivity index (χ1n) is 13.2. The molecule has 1 unspecified atom stereocenters. The van der Waals surface area contributed by atoms with E-state index in [1.165, 1.54) is 11.1 Å². The van der Waals surface area contributed by atoms with E-state index in [1.54, 1.807) is 12.1 Å². The number of aryl methyl sites for hydroxylation is 1. The highest BCUT2D eigenvalue weighted by molar-refractivity contribution is 5.91. The summed E-state index contributed by atoms with van der Waals surface area (Å²) in [6, 6.07) is 24.7. The molecular weight excluding hydrogens is 448 g/mol. The van der Waals surface area contributed by atoms with Crippen molar-refractivity contribution in [1.29, 1.82) is 0 Å². The van der Waals surface area contributed by atoms with Gasteiger partial charge in [-0.25, -0.2) is 9.59 Å². The third-order valence-corrected chi connectivity index (χ3v) is 9.09. The molecule has 0 spiro atoms. The van der Waals surface area contributed by atoms with Crippen LogP contribution in [0.2, 0.25) is 0 Å². The maximum Gasteiger partial charge on any atom is 0.343 e. The lowest BCUT2D eigenvalue weighted by Crippen LogP contribution is -2.45. The van der Waals surface area contributed by atoms with Crippen molar-refractivity contribution in [1.82, 2.24) is 0 Å². The van der Waals surface area contributed by atoms with E-state index in [9.17, 15) is 9.59 Å². The van der Waals surface area contributed by atoms with Crippen molar-refractivity contribution in [3.8, 4) is 5.75 Å². The first-order chi connectivity index (χ1) is 17.5. The molecule has 4 nitrogen and oxygen atoms in total. The minimum absolute atomic E-state index is 0.0164. The van der Waals surface area contributed by atoms with Crippen molar-refractivity contribution in [3.63, 3.8) is 0 Å². The molecule has 0 heterocycles. The minimum atomic E-state index is -0.320. The molecule has 0 bridgehead atoms. The second-order valence-corrected chi connectivity index (χ2v) is 10.9. The number of benzene rings is 3. The van der Waals surface area contributed by atoms with Gasteiger partial charge in [-0.15, -0.1) is 0 Å². The number of esters is 2. The van der Waals surface area contributed by atoms with E-state index in [-0.39, 0.29) is 23.5 Å². The zero-order valence-corrected chi connectivity index (χ0v) is 20.7. The van der Waals surface area contributed by atoms with E-state index in [0.717, 1.165) is 38.5 Å². The summed E-state index contributed by atoms with van der Waals surface area (Å²) < 4.78 is 11.8. The lowest BCUT2D eigenvalue weighted by Gasteiger charge is -2.50. The maximum absolute atomic E-state index is 12.8. The highest BCUT2D eigenvalue weighted by atomic mass is 16.5. The summed E-state index contributed by atoms with van der Waals surface area (Å²) in [6.45, 7) is 2.35. The van der Waals surface area contributed by atoms with Crippen LogP contribution < -0.4 is 4.74 Å². The maximum atomic E-state index is 12.8. The van der Waals surface area contributed by atoms with Crippen molar-refractivity contribution < 1.29 is 19.1 Å². The van der Waals surface area contributed by atoms with Crippen LogP contribution in [0, 0.1) is 17.3 Å². The standard InChI is InChI=1S/C32H32O4/c1-32-19-18-26-25-15-13-24(35-30(33)21-8-4-2-5-9-21)20-23(25)12-14-27(26)28(32)16-17-29(32)36-31(34)22-10-6-3-7-11-22/h2-11,13,15,20,26-29H,12,14,16-19H2,1H3/t26-,27-,28+,29?,32+/m1/s1. The Morgan fingerprint density at radius 2 is 1.50 bits per heavy atom. The van der Waals surface area contributed by atoms with Gasteiger partial charge in [-0.05, 0) is 104 Å². The van der Waals surface area contributed by atoms with Crippen molar-refractivity contribution >= 4 is 11.9 Å². The molecule has 2 saturated carbocycles. The molecule has 3 aliphatic carbocycles. The van der Waals surface area contributed by atoms with Gasteiger partial charge >= 0.3 is 11.9 Å². The van der Waals surface area contributed by atoms with Crippen molar-refractivity contribution in [3.05, 3.63) is 101 Å². The fraction of sp³-hybridized carbons (Fsp3) is 0.375. The molecule has 36 heavy (non-hydrogen) atoms. The molecule has 0 radical (unpaired) electrons. The van der Waals surface area contributed by atoms with Gasteiger partial charge in [0, 0.05) is 5.41 Å². The van der Waals surface area contributed by atoms with Gasteiger partial charge in [0.25, 0.3) is 0 Å². The van der Waals surface area contributed by atoms with E-state index in [0.29, 0.717) is 34.6 Å². The van der Waals surface area contributed by atoms with Crippen LogP contribution in [0.1, 0.15) is 76.8 Å². The summed E-state index contributed by atoms with van der Waals surface area (Å²) >= 11 is 0. The Morgan fingerprint density at radius 1 is 0.806 bits per heavy atom. The van der Waals surface area contributed by atoms with Gasteiger partial charge in [-0.1, -0.05) is 49.4 Å². The Morgan fingerprint density at radius 3 is 2.22 bits per heavy atom. The van der Waals surface area contributed by atoms with E-state index < -0.39 is 0 Å². The van der Waals surface area contributed by atoms with Gasteiger partial charge in [0.1, 0.15) is 11.9 Å². The van der Waals surface area contributed by atoms with Gasteiger partial charge in [0.2, 0.25) is 0 Å². The van der Waals surface area contributed by atoms with E-state index in [4.69, 9.17) is 9.47 Å². The molecule has 3 aliphatic rings. The molecule has 0 aliphatic heterocycles. The first-order valence-corrected chi connectivity index (χ1v) is 13.2. The van der Waals surface area contributed by atoms with Gasteiger partial charge in [-0.3, -0.25) is 0 Å². The van der Waals surface area contributed by atoms with Crippen LogP contribution in [0.4, 0.5) is 0 Å². The molecule has 3 aromatic rings. The lowest BCUT2D eigenvalue weighted by molar-refractivity contribution is -0.0427. The third-order valence-electron chi connectivity index (χ3n) is 9.09. The summed E-state index contributed by atoms with van der Waals surface area (Å²) in [5, 5.41) is 0. The predicted octanol–water partition coefficient (Wildman–Crippen LogP) is 6.99. The fourth-order valence-electron chi connectivity index (χ4n) is 7.28. The largest absolute Gasteiger partial charge is 0.458 e. The summed E-state index contributed by atoms with van der Waals surface area (Å²) in [7, 11) is 0. The van der Waals surface area contributed by atoms with E-state index in [2.05, 4.69) is 19.1 Å². The molecule has 184 valence electrons. The molecule has 4 heteroatoms. The quantitative estimate of drug-likeness (QED) is 0.298. The first kappa shape index (κ1) is 23.0. The topological polar surface area (TPSA) is 52.6 Å². The number of fused-ring (bicyclic) bond motifs is 5. The summed E-state index contributed by atoms with van der Waals surface area (Å²) in [5.41, 5.74) is 3.95. The van der Waals surface area contributed by atoms with Gasteiger partial charge in [-0.2, -0.15) is 0 Å². The third kappa shape index (κ3) is 4.03. The molecule has 2 fully saturated rings. The second-order valence-electron chi connectivity index (χ2n) is 10.9. The molecule has 6 rings (SSSR count). The monoisotopic (exact) mass is 480 g/mol. The average Bonchev–Trinajstić information content (AvgIpc) is 3.25. The molecule has 0 amide bonds. The lowest BCUT2D eigenvalue weighted by atomic mass is 9.55. The SMILES string of the molecule is C[C@]12CC[C@@H]3c4ccc(OC(=O)c5ccccc5)cc4CC[C@H]3[C@@H]1CCC2OC(=O)c1ccccc1. The molecule has 0 N–H and O–H groups in total. The molecule has 3 aromatic carbocycles. The van der Waals surface area contributed by atoms with E-state index >= 15 is 0 Å². The number of hydrogen-bond acceptors (Lipinski definition) is 4. The number of carbonyl (C=O) groups excluding carboxylic acids is 2. The Bertz CT molecular complexity index is 1270. The predicted molar refractivity (Wildman–Crippen MR) is 138 cm³/mol. The number of ether oxygens (including phenoxy) is 2. The summed E-state index contributed by atoms with van der Waals surface area (Å²) in [4.78, 5) is 25.3. The summed E-state index contributed by atoms with van der Waals surface area (Å²) in [5.74, 6) is 1.79. The molecular formula is C32H32O4. The van der Waals surface area contributed by atoms with Crippen LogP contribution in [0.5, 0.6) is 5.75 Å². The molecule has 0 aromatic heterocycles. The smallest absolute Gasteiger partial charge is 0.343 e. The van der Waals surface area contributed by atoms with Crippen LogP contribution >= 0.6 is 0 Å². The zero-order valence-electron chi connectivity index (χ0n) is 20.7. The van der Waals surface area contributed by atoms with E-state index in [1.807, 2.05) is 54.6 Å². The van der Waals surface area contributed by atoms with Crippen molar-refractivity contribution in [2.75, 3.05) is 0 Å².